The molecule has 0 aliphatic carbocycles. The van der Waals surface area contributed by atoms with Gasteiger partial charge in [-0.1, -0.05) is 54.2 Å². The fraction of sp³-hybridized carbons (Fsp3) is 0.250. The van der Waals surface area contributed by atoms with Crippen molar-refractivity contribution in [1.29, 1.82) is 0 Å². The first-order valence-corrected chi connectivity index (χ1v) is 12.8. The molecule has 0 spiro atoms. The minimum atomic E-state index is 0.129. The molecule has 0 bridgehead atoms. The Morgan fingerprint density at radius 2 is 1.74 bits per heavy atom. The fourth-order valence-electron chi connectivity index (χ4n) is 4.34. The monoisotopic (exact) mass is 484 g/mol. The molecule has 0 saturated carbocycles. The summed E-state index contributed by atoms with van der Waals surface area (Å²) in [4.78, 5) is 14.6. The highest BCUT2D eigenvalue weighted by atomic mass is 32.2. The average Bonchev–Trinajstić information content (AvgIpc) is 3.58. The average molecular weight is 485 g/mol. The van der Waals surface area contributed by atoms with Crippen LogP contribution in [-0.4, -0.2) is 45.8 Å². The van der Waals surface area contributed by atoms with E-state index in [4.69, 9.17) is 4.74 Å². The van der Waals surface area contributed by atoms with Crippen LogP contribution in [0.2, 0.25) is 0 Å². The number of thioether (sulfide) groups is 1. The molecule has 0 unspecified atom stereocenters. The summed E-state index contributed by atoms with van der Waals surface area (Å²) in [5.41, 5.74) is 5.02. The number of hydrogen-bond acceptors (Lipinski definition) is 5. The van der Waals surface area contributed by atoms with Crippen molar-refractivity contribution < 1.29 is 9.53 Å². The molecule has 1 saturated heterocycles. The van der Waals surface area contributed by atoms with Gasteiger partial charge in [0.15, 0.2) is 11.0 Å². The second-order valence-electron chi connectivity index (χ2n) is 8.64. The van der Waals surface area contributed by atoms with E-state index >= 15 is 0 Å². The molecule has 0 N–H and O–H groups in total. The Kier molecular flexibility index (Phi) is 6.86. The SMILES string of the molecule is COc1cccc(-c2nnc(SCc3ccc(C(=O)N4CCCC4)cc3)n2-c2ccccc2C)c1. The van der Waals surface area contributed by atoms with Crippen LogP contribution in [0.4, 0.5) is 0 Å². The summed E-state index contributed by atoms with van der Waals surface area (Å²) in [5, 5.41) is 9.93. The van der Waals surface area contributed by atoms with E-state index in [1.807, 2.05) is 65.6 Å². The van der Waals surface area contributed by atoms with Crippen LogP contribution in [0.1, 0.15) is 34.3 Å². The van der Waals surface area contributed by atoms with Crippen molar-refractivity contribution in [2.24, 2.45) is 0 Å². The van der Waals surface area contributed by atoms with Gasteiger partial charge in [0.25, 0.3) is 5.91 Å². The molecule has 6 nitrogen and oxygen atoms in total. The van der Waals surface area contributed by atoms with Crippen molar-refractivity contribution in [3.05, 3.63) is 89.5 Å². The number of amides is 1. The summed E-state index contributed by atoms with van der Waals surface area (Å²) >= 11 is 1.63. The van der Waals surface area contributed by atoms with E-state index < -0.39 is 0 Å². The van der Waals surface area contributed by atoms with E-state index in [-0.39, 0.29) is 5.91 Å². The van der Waals surface area contributed by atoms with E-state index in [0.29, 0.717) is 0 Å². The van der Waals surface area contributed by atoms with Crippen molar-refractivity contribution in [2.45, 2.75) is 30.7 Å². The van der Waals surface area contributed by atoms with Crippen molar-refractivity contribution in [3.8, 4) is 22.8 Å². The summed E-state index contributed by atoms with van der Waals surface area (Å²) in [5.74, 6) is 2.40. The van der Waals surface area contributed by atoms with Crippen molar-refractivity contribution in [2.75, 3.05) is 20.2 Å². The zero-order valence-corrected chi connectivity index (χ0v) is 20.8. The molecular formula is C28H28N4O2S. The van der Waals surface area contributed by atoms with E-state index in [1.165, 1.54) is 0 Å². The van der Waals surface area contributed by atoms with Crippen LogP contribution < -0.4 is 4.74 Å². The molecule has 1 aliphatic rings. The van der Waals surface area contributed by atoms with Crippen LogP contribution in [0.15, 0.2) is 78.0 Å². The maximum atomic E-state index is 12.6. The molecule has 7 heteroatoms. The van der Waals surface area contributed by atoms with Gasteiger partial charge < -0.3 is 9.64 Å². The number of carbonyl (C=O) groups is 1. The molecule has 178 valence electrons. The Hall–Kier alpha value is -3.58. The summed E-state index contributed by atoms with van der Waals surface area (Å²) < 4.78 is 7.54. The molecule has 2 heterocycles. The summed E-state index contributed by atoms with van der Waals surface area (Å²) in [7, 11) is 1.66. The van der Waals surface area contributed by atoms with Crippen LogP contribution in [0, 0.1) is 6.92 Å². The van der Waals surface area contributed by atoms with Gasteiger partial charge in [0.1, 0.15) is 5.75 Å². The van der Waals surface area contributed by atoms with Crippen LogP contribution in [0.5, 0.6) is 5.75 Å². The van der Waals surface area contributed by atoms with Crippen LogP contribution >= 0.6 is 11.8 Å². The second kappa shape index (κ2) is 10.4. The quantitative estimate of drug-likeness (QED) is 0.311. The number of methoxy groups -OCH3 is 1. The predicted octanol–water partition coefficient (Wildman–Crippen LogP) is 5.78. The maximum Gasteiger partial charge on any atom is 0.253 e. The van der Waals surface area contributed by atoms with Crippen LogP contribution in [-0.2, 0) is 5.75 Å². The molecule has 1 aliphatic heterocycles. The number of aryl methyl sites for hydroxylation is 1. The highest BCUT2D eigenvalue weighted by molar-refractivity contribution is 7.98. The van der Waals surface area contributed by atoms with Gasteiger partial charge in [0.05, 0.1) is 12.8 Å². The second-order valence-corrected chi connectivity index (χ2v) is 9.59. The highest BCUT2D eigenvalue weighted by Crippen LogP contribution is 2.32. The molecule has 0 radical (unpaired) electrons. The number of nitrogens with zero attached hydrogens (tertiary/aromatic N) is 4. The molecule has 5 rings (SSSR count). The molecule has 4 aromatic rings. The number of ether oxygens (including phenoxy) is 1. The van der Waals surface area contributed by atoms with Gasteiger partial charge in [-0.25, -0.2) is 0 Å². The smallest absolute Gasteiger partial charge is 0.253 e. The van der Waals surface area contributed by atoms with Gasteiger partial charge >= 0.3 is 0 Å². The largest absolute Gasteiger partial charge is 0.497 e. The molecule has 35 heavy (non-hydrogen) atoms. The first-order valence-electron chi connectivity index (χ1n) is 11.8. The molecule has 1 amide bonds. The lowest BCUT2D eigenvalue weighted by Gasteiger charge is -2.15. The van der Waals surface area contributed by atoms with E-state index in [2.05, 4.69) is 33.8 Å². The number of rotatable bonds is 7. The number of aromatic nitrogens is 3. The number of benzene rings is 3. The first-order chi connectivity index (χ1) is 17.1. The van der Waals surface area contributed by atoms with Crippen molar-refractivity contribution in [1.82, 2.24) is 19.7 Å². The third-order valence-corrected chi connectivity index (χ3v) is 7.28. The van der Waals surface area contributed by atoms with Gasteiger partial charge in [-0.05, 0) is 61.2 Å². The fourth-order valence-corrected chi connectivity index (χ4v) is 5.24. The molecule has 1 aromatic heterocycles. The zero-order chi connectivity index (χ0) is 24.2. The first kappa shape index (κ1) is 23.2. The number of hydrogen-bond donors (Lipinski definition) is 0. The number of para-hydroxylation sites is 1. The minimum Gasteiger partial charge on any atom is -0.497 e. The lowest BCUT2D eigenvalue weighted by Crippen LogP contribution is -2.27. The van der Waals surface area contributed by atoms with Crippen LogP contribution in [0.3, 0.4) is 0 Å². The van der Waals surface area contributed by atoms with Crippen molar-refractivity contribution in [3.63, 3.8) is 0 Å². The number of carbonyl (C=O) groups excluding carboxylic acids is 1. The third-order valence-electron chi connectivity index (χ3n) is 6.28. The molecule has 3 aromatic carbocycles. The highest BCUT2D eigenvalue weighted by Gasteiger charge is 2.20. The van der Waals surface area contributed by atoms with Gasteiger partial charge in [0.2, 0.25) is 0 Å². The van der Waals surface area contributed by atoms with E-state index in [1.54, 1.807) is 18.9 Å². The molecular weight excluding hydrogens is 456 g/mol. The van der Waals surface area contributed by atoms with E-state index in [0.717, 1.165) is 76.4 Å². The molecule has 0 atom stereocenters. The normalized spacial score (nSPS) is 13.3. The third kappa shape index (κ3) is 4.95. The van der Waals surface area contributed by atoms with Gasteiger partial charge in [0, 0.05) is 30.0 Å². The zero-order valence-electron chi connectivity index (χ0n) is 20.0. The predicted molar refractivity (Wildman–Crippen MR) is 139 cm³/mol. The van der Waals surface area contributed by atoms with Gasteiger partial charge in [-0.3, -0.25) is 9.36 Å². The van der Waals surface area contributed by atoms with Gasteiger partial charge in [-0.15, -0.1) is 10.2 Å². The standard InChI is InChI=1S/C28H28N4O2S/c1-20-8-3-4-11-25(20)32-26(23-9-7-10-24(18-23)34-2)29-30-28(32)35-19-21-12-14-22(15-13-21)27(33)31-16-5-6-17-31/h3-4,7-15,18H,5-6,16-17,19H2,1-2H3. The minimum absolute atomic E-state index is 0.129. The molecule has 1 fully saturated rings. The summed E-state index contributed by atoms with van der Waals surface area (Å²) in [6.45, 7) is 3.82. The Morgan fingerprint density at radius 1 is 0.971 bits per heavy atom. The Bertz CT molecular complexity index is 1330. The number of likely N-dealkylation sites (tertiary alicyclic amines) is 1. The Balaban J connectivity index is 1.41. The summed E-state index contributed by atoms with van der Waals surface area (Å²) in [6, 6.07) is 24.1. The Morgan fingerprint density at radius 3 is 2.49 bits per heavy atom. The lowest BCUT2D eigenvalue weighted by molar-refractivity contribution is 0.0793. The topological polar surface area (TPSA) is 60.3 Å². The lowest BCUT2D eigenvalue weighted by atomic mass is 10.1. The van der Waals surface area contributed by atoms with Crippen LogP contribution in [0.25, 0.3) is 17.1 Å². The summed E-state index contributed by atoms with van der Waals surface area (Å²) in [6.07, 6.45) is 2.19. The Labute approximate surface area is 210 Å². The van der Waals surface area contributed by atoms with E-state index in [9.17, 15) is 4.79 Å². The van der Waals surface area contributed by atoms with Gasteiger partial charge in [-0.2, -0.15) is 0 Å². The van der Waals surface area contributed by atoms with Crippen molar-refractivity contribution >= 4 is 17.7 Å². The maximum absolute atomic E-state index is 12.6.